The molecule has 0 saturated heterocycles. The highest BCUT2D eigenvalue weighted by Gasteiger charge is 2.07. The van der Waals surface area contributed by atoms with Crippen LogP contribution in [-0.2, 0) is 6.54 Å². The Kier molecular flexibility index (Phi) is 3.60. The summed E-state index contributed by atoms with van der Waals surface area (Å²) < 4.78 is 1.78. The van der Waals surface area contributed by atoms with Crippen LogP contribution in [0.5, 0.6) is 0 Å². The first-order valence-electron chi connectivity index (χ1n) is 6.22. The van der Waals surface area contributed by atoms with Crippen LogP contribution in [0, 0.1) is 13.8 Å². The van der Waals surface area contributed by atoms with Crippen LogP contribution < -0.4 is 5.69 Å². The highest BCUT2D eigenvalue weighted by molar-refractivity contribution is 5.82. The molecule has 2 aromatic rings. The maximum Gasteiger partial charge on any atom is 0.348 e. The zero-order chi connectivity index (χ0) is 13.1. The lowest BCUT2D eigenvalue weighted by Gasteiger charge is -2.12. The predicted octanol–water partition coefficient (Wildman–Crippen LogP) is 2.98. The van der Waals surface area contributed by atoms with Gasteiger partial charge in [-0.2, -0.15) is 0 Å². The van der Waals surface area contributed by atoms with E-state index in [9.17, 15) is 4.79 Å². The fourth-order valence-corrected chi connectivity index (χ4v) is 2.18. The van der Waals surface area contributed by atoms with Crippen molar-refractivity contribution in [2.45, 2.75) is 33.2 Å². The van der Waals surface area contributed by atoms with Crippen molar-refractivity contribution in [2.75, 3.05) is 0 Å². The Morgan fingerprint density at radius 1 is 1.39 bits per heavy atom. The zero-order valence-corrected chi connectivity index (χ0v) is 10.9. The predicted molar refractivity (Wildman–Crippen MR) is 74.9 cm³/mol. The quantitative estimate of drug-likeness (QED) is 0.610. The number of fused-ring (bicyclic) bond motifs is 1. The number of rotatable bonds is 4. The van der Waals surface area contributed by atoms with Gasteiger partial charge in [0.15, 0.2) is 0 Å². The summed E-state index contributed by atoms with van der Waals surface area (Å²) in [5, 5.41) is 1.02. The van der Waals surface area contributed by atoms with Crippen molar-refractivity contribution < 1.29 is 0 Å². The Hall–Kier alpha value is -1.90. The van der Waals surface area contributed by atoms with Crippen molar-refractivity contribution in [3.63, 3.8) is 0 Å². The lowest BCUT2D eigenvalue weighted by molar-refractivity contribution is 0.634. The number of hydrogen-bond acceptors (Lipinski definition) is 2. The standard InChI is InChI=1S/C15H18N2O/c1-4-5-6-9-17-14-12(3)11(2)7-8-13(14)10-16-15(17)18/h4,7-8,10H,1,5-6,9H2,2-3H3. The van der Waals surface area contributed by atoms with Crippen LogP contribution in [0.4, 0.5) is 0 Å². The molecule has 18 heavy (non-hydrogen) atoms. The molecule has 0 aliphatic carbocycles. The van der Waals surface area contributed by atoms with Crippen molar-refractivity contribution in [3.05, 3.63) is 52.6 Å². The van der Waals surface area contributed by atoms with Crippen molar-refractivity contribution >= 4 is 10.9 Å². The van der Waals surface area contributed by atoms with E-state index in [1.165, 1.54) is 5.56 Å². The first-order chi connectivity index (χ1) is 8.65. The average Bonchev–Trinajstić information content (AvgIpc) is 2.36. The van der Waals surface area contributed by atoms with Gasteiger partial charge in [-0.3, -0.25) is 4.57 Å². The fourth-order valence-electron chi connectivity index (χ4n) is 2.18. The number of aromatic nitrogens is 2. The van der Waals surface area contributed by atoms with Gasteiger partial charge in [0, 0.05) is 18.1 Å². The van der Waals surface area contributed by atoms with Crippen molar-refractivity contribution in [1.82, 2.24) is 9.55 Å². The summed E-state index contributed by atoms with van der Waals surface area (Å²) in [4.78, 5) is 15.9. The number of nitrogens with zero attached hydrogens (tertiary/aromatic N) is 2. The first kappa shape index (κ1) is 12.6. The van der Waals surface area contributed by atoms with E-state index in [2.05, 4.69) is 31.5 Å². The summed E-state index contributed by atoms with van der Waals surface area (Å²) in [5.74, 6) is 0. The van der Waals surface area contributed by atoms with Gasteiger partial charge in [0.1, 0.15) is 0 Å². The van der Waals surface area contributed by atoms with E-state index in [4.69, 9.17) is 0 Å². The molecule has 0 saturated carbocycles. The molecule has 1 aromatic heterocycles. The molecule has 0 fully saturated rings. The number of aryl methyl sites for hydroxylation is 3. The molecule has 94 valence electrons. The Morgan fingerprint density at radius 2 is 2.17 bits per heavy atom. The second-order valence-corrected chi connectivity index (χ2v) is 4.57. The lowest BCUT2D eigenvalue weighted by atomic mass is 10.1. The van der Waals surface area contributed by atoms with Gasteiger partial charge in [-0.25, -0.2) is 9.78 Å². The van der Waals surface area contributed by atoms with Gasteiger partial charge in [0.2, 0.25) is 0 Å². The summed E-state index contributed by atoms with van der Waals surface area (Å²) in [6.07, 6.45) is 5.36. The molecule has 1 aromatic carbocycles. The smallest absolute Gasteiger partial charge is 0.292 e. The normalized spacial score (nSPS) is 10.8. The minimum absolute atomic E-state index is 0.166. The minimum Gasteiger partial charge on any atom is -0.292 e. The van der Waals surface area contributed by atoms with E-state index in [1.54, 1.807) is 10.8 Å². The molecule has 1 heterocycles. The zero-order valence-electron chi connectivity index (χ0n) is 10.9. The maximum atomic E-state index is 11.9. The third-order valence-corrected chi connectivity index (χ3v) is 3.34. The minimum atomic E-state index is -0.166. The van der Waals surface area contributed by atoms with E-state index in [-0.39, 0.29) is 5.69 Å². The SMILES string of the molecule is C=CCCCn1c(=O)ncc2ccc(C)c(C)c21. The molecular formula is C15H18N2O. The number of unbranched alkanes of at least 4 members (excludes halogenated alkanes) is 1. The number of hydrogen-bond donors (Lipinski definition) is 0. The van der Waals surface area contributed by atoms with E-state index in [0.29, 0.717) is 6.54 Å². The van der Waals surface area contributed by atoms with Crippen LogP contribution >= 0.6 is 0 Å². The topological polar surface area (TPSA) is 34.9 Å². The van der Waals surface area contributed by atoms with Crippen LogP contribution in [0.3, 0.4) is 0 Å². The van der Waals surface area contributed by atoms with E-state index >= 15 is 0 Å². The summed E-state index contributed by atoms with van der Waals surface area (Å²) in [6.45, 7) is 8.52. The first-order valence-corrected chi connectivity index (χ1v) is 6.22. The fraction of sp³-hybridized carbons (Fsp3) is 0.333. The van der Waals surface area contributed by atoms with Gasteiger partial charge in [-0.05, 0) is 37.8 Å². The molecule has 0 unspecified atom stereocenters. The molecule has 3 nitrogen and oxygen atoms in total. The maximum absolute atomic E-state index is 11.9. The van der Waals surface area contributed by atoms with Crippen LogP contribution in [-0.4, -0.2) is 9.55 Å². The molecule has 0 radical (unpaired) electrons. The molecule has 0 aliphatic rings. The van der Waals surface area contributed by atoms with Gasteiger partial charge in [-0.15, -0.1) is 6.58 Å². The highest BCUT2D eigenvalue weighted by Crippen LogP contribution is 2.19. The lowest BCUT2D eigenvalue weighted by Crippen LogP contribution is -2.23. The van der Waals surface area contributed by atoms with Crippen LogP contribution in [0.1, 0.15) is 24.0 Å². The molecule has 0 amide bonds. The molecule has 0 atom stereocenters. The molecule has 3 heteroatoms. The molecular weight excluding hydrogens is 224 g/mol. The van der Waals surface area contributed by atoms with Crippen LogP contribution in [0.15, 0.2) is 35.8 Å². The molecule has 0 N–H and O–H groups in total. The summed E-state index contributed by atoms with van der Waals surface area (Å²) in [5.41, 5.74) is 3.20. The van der Waals surface area contributed by atoms with Crippen molar-refractivity contribution in [2.24, 2.45) is 0 Å². The van der Waals surface area contributed by atoms with Gasteiger partial charge < -0.3 is 0 Å². The number of benzene rings is 1. The van der Waals surface area contributed by atoms with Crippen LogP contribution in [0.25, 0.3) is 10.9 Å². The Bertz CT molecular complexity index is 641. The van der Waals surface area contributed by atoms with Gasteiger partial charge in [0.25, 0.3) is 0 Å². The second kappa shape index (κ2) is 5.17. The Balaban J connectivity index is 2.61. The highest BCUT2D eigenvalue weighted by atomic mass is 16.1. The van der Waals surface area contributed by atoms with Gasteiger partial charge in [0.05, 0.1) is 5.52 Å². The second-order valence-electron chi connectivity index (χ2n) is 4.57. The molecule has 0 bridgehead atoms. The molecule has 0 aliphatic heterocycles. The largest absolute Gasteiger partial charge is 0.348 e. The van der Waals surface area contributed by atoms with E-state index in [1.807, 2.05) is 12.1 Å². The molecule has 0 spiro atoms. The molecule has 2 rings (SSSR count). The van der Waals surface area contributed by atoms with E-state index in [0.717, 1.165) is 29.3 Å². The summed E-state index contributed by atoms with van der Waals surface area (Å²) in [7, 11) is 0. The summed E-state index contributed by atoms with van der Waals surface area (Å²) in [6, 6.07) is 4.09. The average molecular weight is 242 g/mol. The monoisotopic (exact) mass is 242 g/mol. The van der Waals surface area contributed by atoms with Crippen molar-refractivity contribution in [3.8, 4) is 0 Å². The van der Waals surface area contributed by atoms with Gasteiger partial charge in [-0.1, -0.05) is 18.2 Å². The Morgan fingerprint density at radius 3 is 2.89 bits per heavy atom. The van der Waals surface area contributed by atoms with Crippen LogP contribution in [0.2, 0.25) is 0 Å². The van der Waals surface area contributed by atoms with E-state index < -0.39 is 0 Å². The Labute approximate surface area is 107 Å². The number of allylic oxidation sites excluding steroid dienone is 1. The van der Waals surface area contributed by atoms with Gasteiger partial charge >= 0.3 is 5.69 Å². The third-order valence-electron chi connectivity index (χ3n) is 3.34. The third kappa shape index (κ3) is 2.21. The summed E-state index contributed by atoms with van der Waals surface area (Å²) >= 11 is 0. The van der Waals surface area contributed by atoms with Crippen molar-refractivity contribution in [1.29, 1.82) is 0 Å².